The molecule has 5 nitrogen and oxygen atoms in total. The van der Waals surface area contributed by atoms with Gasteiger partial charge in [-0.05, 0) is 45.7 Å². The number of hydrogen-bond donors (Lipinski definition) is 0. The second-order valence-corrected chi connectivity index (χ2v) is 6.96. The van der Waals surface area contributed by atoms with Gasteiger partial charge < -0.3 is 9.15 Å². The van der Waals surface area contributed by atoms with Crippen LogP contribution in [0.25, 0.3) is 11.1 Å². The van der Waals surface area contributed by atoms with Crippen molar-refractivity contribution in [2.45, 2.75) is 45.3 Å². The average Bonchev–Trinajstić information content (AvgIpc) is 3.01. The zero-order chi connectivity index (χ0) is 15.9. The molecule has 0 bridgehead atoms. The molecule has 1 aliphatic heterocycles. The van der Waals surface area contributed by atoms with Crippen LogP contribution < -0.4 is 0 Å². The van der Waals surface area contributed by atoms with Crippen molar-refractivity contribution < 1.29 is 13.9 Å². The molecule has 2 aromatic heterocycles. The number of fused-ring (bicyclic) bond motifs is 1. The summed E-state index contributed by atoms with van der Waals surface area (Å²) in [6.45, 7) is 6.26. The van der Waals surface area contributed by atoms with Gasteiger partial charge in [0.2, 0.25) is 5.71 Å². The molecule has 6 heteroatoms. The Labute approximate surface area is 134 Å². The van der Waals surface area contributed by atoms with E-state index in [1.807, 2.05) is 32.9 Å². The number of hydrogen-bond acceptors (Lipinski definition) is 4. The van der Waals surface area contributed by atoms with E-state index in [4.69, 9.17) is 20.8 Å². The molecule has 118 valence electrons. The first-order valence-corrected chi connectivity index (χ1v) is 7.76. The summed E-state index contributed by atoms with van der Waals surface area (Å²) in [7, 11) is 0. The molecule has 0 aromatic carbocycles. The lowest BCUT2D eigenvalue weighted by Gasteiger charge is -2.27. The van der Waals surface area contributed by atoms with E-state index in [-0.39, 0.29) is 12.1 Å². The van der Waals surface area contributed by atoms with E-state index in [0.717, 1.165) is 24.0 Å². The van der Waals surface area contributed by atoms with Crippen molar-refractivity contribution in [3.05, 3.63) is 29.1 Å². The van der Waals surface area contributed by atoms with Crippen molar-refractivity contribution in [1.82, 2.24) is 9.88 Å². The Hall–Kier alpha value is -1.75. The van der Waals surface area contributed by atoms with Crippen LogP contribution in [0.1, 0.15) is 45.4 Å². The van der Waals surface area contributed by atoms with Crippen LogP contribution in [0.5, 0.6) is 0 Å². The number of ether oxygens (including phenoxy) is 1. The molecule has 2 aromatic rings. The first-order chi connectivity index (χ1) is 10.3. The van der Waals surface area contributed by atoms with Crippen LogP contribution in [0, 0.1) is 0 Å². The Kier molecular flexibility index (Phi) is 3.77. The van der Waals surface area contributed by atoms with E-state index in [0.29, 0.717) is 17.3 Å². The number of halogens is 1. The number of pyridine rings is 1. The largest absolute Gasteiger partial charge is 0.444 e. The van der Waals surface area contributed by atoms with Gasteiger partial charge in [-0.2, -0.15) is 0 Å². The molecule has 1 fully saturated rings. The molecule has 0 spiro atoms. The quantitative estimate of drug-likeness (QED) is 0.772. The molecule has 3 rings (SSSR count). The summed E-state index contributed by atoms with van der Waals surface area (Å²) in [5.41, 5.74) is 0.0307. The van der Waals surface area contributed by atoms with Crippen LogP contribution in [0.3, 0.4) is 0 Å². The van der Waals surface area contributed by atoms with Crippen LogP contribution in [-0.4, -0.2) is 28.1 Å². The van der Waals surface area contributed by atoms with Gasteiger partial charge in [0.05, 0.1) is 11.1 Å². The van der Waals surface area contributed by atoms with Gasteiger partial charge in [0.1, 0.15) is 11.4 Å². The highest BCUT2D eigenvalue weighted by molar-refractivity contribution is 6.31. The maximum atomic E-state index is 12.3. The summed E-state index contributed by atoms with van der Waals surface area (Å²) in [5, 5.41) is 1.41. The number of carbonyl (C=O) groups is 1. The molecule has 3 heterocycles. The molecule has 1 amide bonds. The van der Waals surface area contributed by atoms with Crippen molar-refractivity contribution in [3.8, 4) is 0 Å². The molecule has 0 aliphatic carbocycles. The molecule has 1 aliphatic rings. The van der Waals surface area contributed by atoms with Crippen LogP contribution in [-0.2, 0) is 4.74 Å². The third-order valence-electron chi connectivity index (χ3n) is 3.57. The van der Waals surface area contributed by atoms with E-state index < -0.39 is 5.60 Å². The number of furan rings is 1. The number of rotatable bonds is 1. The highest BCUT2D eigenvalue weighted by Crippen LogP contribution is 2.36. The lowest BCUT2D eigenvalue weighted by Crippen LogP contribution is -2.36. The molecule has 0 saturated carbocycles. The fourth-order valence-electron chi connectivity index (χ4n) is 2.69. The van der Waals surface area contributed by atoms with E-state index in [9.17, 15) is 4.79 Å². The fourth-order valence-corrected chi connectivity index (χ4v) is 2.86. The Balaban J connectivity index is 1.86. The smallest absolute Gasteiger partial charge is 0.410 e. The monoisotopic (exact) mass is 322 g/mol. The summed E-state index contributed by atoms with van der Waals surface area (Å²) < 4.78 is 11.3. The van der Waals surface area contributed by atoms with Crippen molar-refractivity contribution in [3.63, 3.8) is 0 Å². The number of nitrogens with zero attached hydrogens (tertiary/aromatic N) is 2. The highest BCUT2D eigenvalue weighted by atomic mass is 35.5. The molecule has 1 atom stereocenters. The average molecular weight is 323 g/mol. The van der Waals surface area contributed by atoms with Gasteiger partial charge in [-0.1, -0.05) is 11.6 Å². The van der Waals surface area contributed by atoms with E-state index >= 15 is 0 Å². The van der Waals surface area contributed by atoms with Gasteiger partial charge in [0.25, 0.3) is 0 Å². The standard InChI is InChI=1S/C16H19ClN2O3/c1-16(2,3)22-15(20)19-6-4-5-12(19)13-8-10-7-11(17)9-18-14(10)21-13/h7-9,12H,4-6H2,1-3H3/t12-/m0/s1. The van der Waals surface area contributed by atoms with Crippen LogP contribution in [0.2, 0.25) is 5.02 Å². The molecule has 0 unspecified atom stereocenters. The third kappa shape index (κ3) is 3.04. The van der Waals surface area contributed by atoms with E-state index in [2.05, 4.69) is 4.98 Å². The second-order valence-electron chi connectivity index (χ2n) is 6.53. The Morgan fingerprint density at radius 2 is 2.23 bits per heavy atom. The minimum absolute atomic E-state index is 0.108. The molecular formula is C16H19ClN2O3. The summed E-state index contributed by atoms with van der Waals surface area (Å²) in [6.07, 6.45) is 3.03. The van der Waals surface area contributed by atoms with Gasteiger partial charge in [-0.15, -0.1) is 0 Å². The first-order valence-electron chi connectivity index (χ1n) is 7.38. The lowest BCUT2D eigenvalue weighted by atomic mass is 10.1. The normalized spacial score (nSPS) is 18.9. The maximum Gasteiger partial charge on any atom is 0.410 e. The summed E-state index contributed by atoms with van der Waals surface area (Å²) in [6, 6.07) is 3.61. The van der Waals surface area contributed by atoms with Crippen molar-refractivity contribution in [1.29, 1.82) is 0 Å². The Bertz CT molecular complexity index is 705. The Morgan fingerprint density at radius 1 is 1.45 bits per heavy atom. The predicted octanol–water partition coefficient (Wildman–Crippen LogP) is 4.55. The zero-order valence-electron chi connectivity index (χ0n) is 12.9. The van der Waals surface area contributed by atoms with E-state index in [1.165, 1.54) is 0 Å². The summed E-state index contributed by atoms with van der Waals surface area (Å²) in [5.74, 6) is 0.730. The second kappa shape index (κ2) is 5.47. The zero-order valence-corrected chi connectivity index (χ0v) is 13.7. The number of likely N-dealkylation sites (tertiary alicyclic amines) is 1. The summed E-state index contributed by atoms with van der Waals surface area (Å²) in [4.78, 5) is 18.2. The maximum absolute atomic E-state index is 12.3. The molecular weight excluding hydrogens is 304 g/mol. The van der Waals surface area contributed by atoms with Gasteiger partial charge in [-0.3, -0.25) is 4.90 Å². The lowest BCUT2D eigenvalue weighted by molar-refractivity contribution is 0.0209. The van der Waals surface area contributed by atoms with Crippen molar-refractivity contribution in [2.24, 2.45) is 0 Å². The number of amides is 1. The fraction of sp³-hybridized carbons (Fsp3) is 0.500. The number of carbonyl (C=O) groups excluding carboxylic acids is 1. The first kappa shape index (κ1) is 15.2. The number of aromatic nitrogens is 1. The SMILES string of the molecule is CC(C)(C)OC(=O)N1CCC[C@H]1c1cc2cc(Cl)cnc2o1. The molecule has 0 radical (unpaired) electrons. The predicted molar refractivity (Wildman–Crippen MR) is 83.9 cm³/mol. The molecule has 0 N–H and O–H groups in total. The van der Waals surface area contributed by atoms with Gasteiger partial charge in [-0.25, -0.2) is 9.78 Å². The minimum Gasteiger partial charge on any atom is -0.444 e. The van der Waals surface area contributed by atoms with Crippen molar-refractivity contribution >= 4 is 28.8 Å². The van der Waals surface area contributed by atoms with Gasteiger partial charge in [0.15, 0.2) is 0 Å². The summed E-state index contributed by atoms with van der Waals surface area (Å²) >= 11 is 5.95. The third-order valence-corrected chi connectivity index (χ3v) is 3.77. The van der Waals surface area contributed by atoms with Crippen LogP contribution in [0.4, 0.5) is 4.79 Å². The van der Waals surface area contributed by atoms with Crippen molar-refractivity contribution in [2.75, 3.05) is 6.54 Å². The van der Waals surface area contributed by atoms with Crippen LogP contribution >= 0.6 is 11.6 Å². The van der Waals surface area contributed by atoms with Gasteiger partial charge in [0, 0.05) is 18.1 Å². The highest BCUT2D eigenvalue weighted by Gasteiger charge is 2.35. The van der Waals surface area contributed by atoms with Crippen LogP contribution in [0.15, 0.2) is 22.7 Å². The minimum atomic E-state index is -0.507. The van der Waals surface area contributed by atoms with E-state index in [1.54, 1.807) is 11.1 Å². The topological polar surface area (TPSA) is 55.6 Å². The molecule has 1 saturated heterocycles. The molecule has 22 heavy (non-hydrogen) atoms. The Morgan fingerprint density at radius 3 is 2.95 bits per heavy atom. The van der Waals surface area contributed by atoms with Gasteiger partial charge >= 0.3 is 6.09 Å².